The van der Waals surface area contributed by atoms with Crippen LogP contribution in [0, 0.1) is 11.6 Å². The highest BCUT2D eigenvalue weighted by Crippen LogP contribution is 2.38. The zero-order valence-electron chi connectivity index (χ0n) is 10.9. The molecule has 5 heteroatoms. The van der Waals surface area contributed by atoms with Crippen LogP contribution in [-0.4, -0.2) is 8.32 Å². The number of hydrogen-bond donors (Lipinski definition) is 1. The van der Waals surface area contributed by atoms with E-state index >= 15 is 0 Å². The molecule has 0 atom stereocenters. The Kier molecular flexibility index (Phi) is 3.52. The van der Waals surface area contributed by atoms with Gasteiger partial charge < -0.3 is 10.2 Å². The summed E-state index contributed by atoms with van der Waals surface area (Å²) >= 11 is 0. The summed E-state index contributed by atoms with van der Waals surface area (Å²) in [5.74, 6) is -2.10. The van der Waals surface area contributed by atoms with Crippen molar-refractivity contribution in [2.75, 3.05) is 5.73 Å². The molecule has 96 valence electrons. The van der Waals surface area contributed by atoms with Crippen LogP contribution < -0.4 is 10.2 Å². The Bertz CT molecular complexity index is 427. The average Bonchev–Trinajstić information content (AvgIpc) is 2.17. The van der Waals surface area contributed by atoms with Gasteiger partial charge in [-0.15, -0.1) is 0 Å². The minimum Gasteiger partial charge on any atom is -0.541 e. The fraction of sp³-hybridized carbons (Fsp3) is 0.500. The van der Waals surface area contributed by atoms with Crippen molar-refractivity contribution in [3.05, 3.63) is 23.8 Å². The number of benzene rings is 1. The summed E-state index contributed by atoms with van der Waals surface area (Å²) in [5.41, 5.74) is 5.08. The quantitative estimate of drug-likeness (QED) is 0.645. The number of hydrogen-bond acceptors (Lipinski definition) is 2. The Morgan fingerprint density at radius 1 is 1.12 bits per heavy atom. The lowest BCUT2D eigenvalue weighted by Crippen LogP contribution is -2.44. The molecule has 2 nitrogen and oxygen atoms in total. The van der Waals surface area contributed by atoms with Crippen molar-refractivity contribution in [1.29, 1.82) is 0 Å². The number of anilines is 1. The zero-order chi connectivity index (χ0) is 13.4. The molecule has 0 radical (unpaired) electrons. The smallest absolute Gasteiger partial charge is 0.250 e. The minimum atomic E-state index is -2.16. The van der Waals surface area contributed by atoms with Crippen LogP contribution in [0.2, 0.25) is 18.1 Å². The molecule has 0 aromatic heterocycles. The molecule has 0 unspecified atom stereocenters. The Morgan fingerprint density at radius 3 is 2.12 bits per heavy atom. The Hall–Kier alpha value is -1.10. The molecule has 1 aromatic carbocycles. The van der Waals surface area contributed by atoms with E-state index in [-0.39, 0.29) is 16.5 Å². The zero-order valence-corrected chi connectivity index (χ0v) is 11.9. The average molecular weight is 259 g/mol. The number of halogens is 2. The van der Waals surface area contributed by atoms with Crippen LogP contribution >= 0.6 is 0 Å². The Balaban J connectivity index is 3.09. The largest absolute Gasteiger partial charge is 0.541 e. The molecule has 1 aromatic rings. The van der Waals surface area contributed by atoms with Gasteiger partial charge in [-0.1, -0.05) is 20.8 Å². The van der Waals surface area contributed by atoms with Crippen LogP contribution in [0.1, 0.15) is 20.8 Å². The monoisotopic (exact) mass is 259 g/mol. The van der Waals surface area contributed by atoms with Gasteiger partial charge in [0.15, 0.2) is 5.82 Å². The lowest BCUT2D eigenvalue weighted by atomic mass is 10.2. The van der Waals surface area contributed by atoms with Crippen LogP contribution in [0.3, 0.4) is 0 Å². The summed E-state index contributed by atoms with van der Waals surface area (Å²) in [6.07, 6.45) is 0. The summed E-state index contributed by atoms with van der Waals surface area (Å²) in [6, 6.07) is 2.70. The van der Waals surface area contributed by atoms with Crippen molar-refractivity contribution in [1.82, 2.24) is 0 Å². The van der Waals surface area contributed by atoms with E-state index in [2.05, 4.69) is 0 Å². The standard InChI is InChI=1S/C12H19F2NOSi/c1-12(2,3)17(4,5)16-9-7-6-8(15)10(13)11(9)14/h6-7H,15H2,1-5H3. The molecule has 0 heterocycles. The molecule has 0 spiro atoms. The van der Waals surface area contributed by atoms with E-state index in [1.165, 1.54) is 12.1 Å². The maximum absolute atomic E-state index is 13.6. The third-order valence-electron chi connectivity index (χ3n) is 3.25. The van der Waals surface area contributed by atoms with Crippen molar-refractivity contribution in [2.45, 2.75) is 38.9 Å². The van der Waals surface area contributed by atoms with Gasteiger partial charge in [-0.25, -0.2) is 4.39 Å². The van der Waals surface area contributed by atoms with Gasteiger partial charge in [0.2, 0.25) is 5.82 Å². The molecule has 0 saturated heterocycles. The molecule has 0 bridgehead atoms. The molecule has 0 aliphatic heterocycles. The van der Waals surface area contributed by atoms with Crippen molar-refractivity contribution in [2.24, 2.45) is 0 Å². The van der Waals surface area contributed by atoms with E-state index < -0.39 is 20.0 Å². The molecule has 17 heavy (non-hydrogen) atoms. The predicted octanol–water partition coefficient (Wildman–Crippen LogP) is 3.93. The first-order valence-electron chi connectivity index (χ1n) is 5.49. The third-order valence-corrected chi connectivity index (χ3v) is 7.59. The van der Waals surface area contributed by atoms with Gasteiger partial charge in [0.05, 0.1) is 5.69 Å². The maximum atomic E-state index is 13.6. The summed E-state index contributed by atoms with van der Waals surface area (Å²) in [6.45, 7) is 10.0. The minimum absolute atomic E-state index is 0.0525. The summed E-state index contributed by atoms with van der Waals surface area (Å²) < 4.78 is 32.6. The van der Waals surface area contributed by atoms with Crippen LogP contribution in [0.5, 0.6) is 5.75 Å². The van der Waals surface area contributed by atoms with Crippen LogP contribution in [0.25, 0.3) is 0 Å². The first kappa shape index (κ1) is 14.0. The van der Waals surface area contributed by atoms with Gasteiger partial charge in [0, 0.05) is 0 Å². The van der Waals surface area contributed by atoms with Crippen molar-refractivity contribution >= 4 is 14.0 Å². The molecule has 2 N–H and O–H groups in total. The third kappa shape index (κ3) is 2.77. The maximum Gasteiger partial charge on any atom is 0.250 e. The number of nitrogen functional groups attached to an aromatic ring is 1. The van der Waals surface area contributed by atoms with Crippen LogP contribution in [-0.2, 0) is 0 Å². The van der Waals surface area contributed by atoms with Crippen molar-refractivity contribution < 1.29 is 13.2 Å². The van der Waals surface area contributed by atoms with E-state index in [1.807, 2.05) is 33.9 Å². The molecule has 0 fully saturated rings. The lowest BCUT2D eigenvalue weighted by Gasteiger charge is -2.36. The molecule has 0 aliphatic carbocycles. The van der Waals surface area contributed by atoms with E-state index in [4.69, 9.17) is 10.2 Å². The van der Waals surface area contributed by atoms with Gasteiger partial charge in [-0.3, -0.25) is 0 Å². The number of nitrogens with two attached hydrogens (primary N) is 1. The van der Waals surface area contributed by atoms with Crippen LogP contribution in [0.4, 0.5) is 14.5 Å². The van der Waals surface area contributed by atoms with Gasteiger partial charge in [0.1, 0.15) is 5.75 Å². The normalized spacial score (nSPS) is 12.6. The van der Waals surface area contributed by atoms with Crippen LogP contribution in [0.15, 0.2) is 12.1 Å². The van der Waals surface area contributed by atoms with Gasteiger partial charge in [-0.2, -0.15) is 4.39 Å². The second kappa shape index (κ2) is 4.29. The first-order valence-corrected chi connectivity index (χ1v) is 8.39. The van der Waals surface area contributed by atoms with Crippen molar-refractivity contribution in [3.8, 4) is 5.75 Å². The SMILES string of the molecule is CC(C)(C)[Si](C)(C)Oc1ccc(N)c(F)c1F. The predicted molar refractivity (Wildman–Crippen MR) is 68.6 cm³/mol. The Labute approximate surface area is 102 Å². The van der Waals surface area contributed by atoms with Gasteiger partial charge in [0.25, 0.3) is 8.32 Å². The van der Waals surface area contributed by atoms with E-state index in [1.54, 1.807) is 0 Å². The highest BCUT2D eigenvalue weighted by atomic mass is 28.4. The molecule has 0 aliphatic rings. The fourth-order valence-corrected chi connectivity index (χ4v) is 2.07. The number of rotatable bonds is 2. The Morgan fingerprint density at radius 2 is 1.65 bits per heavy atom. The molecular formula is C12H19F2NOSi. The summed E-state index contributed by atoms with van der Waals surface area (Å²) in [4.78, 5) is 0. The lowest BCUT2D eigenvalue weighted by molar-refractivity contribution is 0.431. The fourth-order valence-electron chi connectivity index (χ4n) is 1.05. The summed E-state index contributed by atoms with van der Waals surface area (Å²) in [5, 5.41) is -0.0721. The highest BCUT2D eigenvalue weighted by molar-refractivity contribution is 6.74. The van der Waals surface area contributed by atoms with Crippen molar-refractivity contribution in [3.63, 3.8) is 0 Å². The van der Waals surface area contributed by atoms with E-state index in [0.29, 0.717) is 0 Å². The van der Waals surface area contributed by atoms with E-state index in [0.717, 1.165) is 0 Å². The molecule has 0 saturated carbocycles. The van der Waals surface area contributed by atoms with Gasteiger partial charge >= 0.3 is 0 Å². The molecular weight excluding hydrogens is 240 g/mol. The highest BCUT2D eigenvalue weighted by Gasteiger charge is 2.39. The van der Waals surface area contributed by atoms with Gasteiger partial charge in [-0.05, 0) is 30.3 Å². The second-order valence-electron chi connectivity index (χ2n) is 5.64. The molecule has 1 rings (SSSR count). The first-order chi connectivity index (χ1) is 7.56. The molecule has 0 amide bonds. The topological polar surface area (TPSA) is 35.2 Å². The van der Waals surface area contributed by atoms with E-state index in [9.17, 15) is 8.78 Å². The second-order valence-corrected chi connectivity index (χ2v) is 10.4. The summed E-state index contributed by atoms with van der Waals surface area (Å²) in [7, 11) is -2.16.